The van der Waals surface area contributed by atoms with E-state index < -0.39 is 18.4 Å². The fourth-order valence-electron chi connectivity index (χ4n) is 3.76. The van der Waals surface area contributed by atoms with E-state index in [9.17, 15) is 19.4 Å². The largest absolute Gasteiger partial charge is 0.490 e. The Bertz CT molecular complexity index is 703. The SMILES string of the molecule is CC(C)OC(=O)CCC/C=C\C[C@@H]1[C@@H](/C=C/[C@@H](F)COc2ccccc2)[C@H](O)C[C@@H]1O. The Balaban J connectivity index is 1.77. The molecule has 0 radical (unpaired) electrons. The lowest BCUT2D eigenvalue weighted by Gasteiger charge is -2.19. The molecule has 0 spiro atoms. The third-order valence-corrected chi connectivity index (χ3v) is 5.30. The van der Waals surface area contributed by atoms with Crippen LogP contribution in [0, 0.1) is 11.8 Å². The number of para-hydroxylation sites is 1. The number of unbranched alkanes of at least 4 members (excludes halogenated alkanes) is 1. The van der Waals surface area contributed by atoms with E-state index in [0.717, 1.165) is 6.42 Å². The van der Waals surface area contributed by atoms with Gasteiger partial charge < -0.3 is 19.7 Å². The van der Waals surface area contributed by atoms with Gasteiger partial charge in [-0.05, 0) is 51.2 Å². The minimum absolute atomic E-state index is 0.0999. The van der Waals surface area contributed by atoms with Gasteiger partial charge in [-0.2, -0.15) is 0 Å². The molecule has 0 bridgehead atoms. The standard InChI is InChI=1S/C25H35FO5/c1-18(2)31-25(29)13-9-4-3-8-12-21-22(24(28)16-23(21)27)15-14-19(26)17-30-20-10-6-5-7-11-20/h3,5-8,10-11,14-15,18-19,21-24,27-28H,4,9,12-13,16-17H2,1-2H3/b8-3-,15-14+/t19-,21-,22-,23+,24-/m1/s1. The minimum atomic E-state index is -1.30. The molecule has 5 atom stereocenters. The van der Waals surface area contributed by atoms with Crippen LogP contribution in [0.5, 0.6) is 5.75 Å². The first-order valence-corrected chi connectivity index (χ1v) is 11.1. The number of benzene rings is 1. The highest BCUT2D eigenvalue weighted by Gasteiger charge is 2.39. The quantitative estimate of drug-likeness (QED) is 0.290. The van der Waals surface area contributed by atoms with Gasteiger partial charge in [0.2, 0.25) is 0 Å². The molecule has 2 N–H and O–H groups in total. The van der Waals surface area contributed by atoms with Crippen LogP contribution in [0.3, 0.4) is 0 Å². The van der Waals surface area contributed by atoms with E-state index in [0.29, 0.717) is 25.0 Å². The van der Waals surface area contributed by atoms with E-state index >= 15 is 0 Å². The van der Waals surface area contributed by atoms with Gasteiger partial charge in [0.15, 0.2) is 6.17 Å². The fourth-order valence-corrected chi connectivity index (χ4v) is 3.76. The molecule has 1 fully saturated rings. The zero-order valence-electron chi connectivity index (χ0n) is 18.4. The highest BCUT2D eigenvalue weighted by molar-refractivity contribution is 5.69. The van der Waals surface area contributed by atoms with Gasteiger partial charge in [-0.25, -0.2) is 4.39 Å². The van der Waals surface area contributed by atoms with Crippen LogP contribution in [0.15, 0.2) is 54.6 Å². The fraction of sp³-hybridized carbons (Fsp3) is 0.560. The van der Waals surface area contributed by atoms with Crippen LogP contribution in [0.1, 0.15) is 46.0 Å². The molecule has 0 aliphatic heterocycles. The summed E-state index contributed by atoms with van der Waals surface area (Å²) in [4.78, 5) is 11.5. The number of carbonyl (C=O) groups is 1. The molecule has 0 aromatic heterocycles. The lowest BCUT2D eigenvalue weighted by Crippen LogP contribution is -2.20. The summed E-state index contributed by atoms with van der Waals surface area (Å²) in [5, 5.41) is 20.6. The van der Waals surface area contributed by atoms with E-state index in [1.54, 1.807) is 18.2 Å². The first kappa shape index (κ1) is 25.1. The van der Waals surface area contributed by atoms with E-state index in [1.165, 1.54) is 6.08 Å². The van der Waals surface area contributed by atoms with Crippen molar-refractivity contribution in [2.75, 3.05) is 6.61 Å². The van der Waals surface area contributed by atoms with Crippen molar-refractivity contribution in [1.82, 2.24) is 0 Å². The number of alkyl halides is 1. The molecule has 6 heteroatoms. The maximum absolute atomic E-state index is 14.2. The van der Waals surface area contributed by atoms with Crippen molar-refractivity contribution >= 4 is 5.97 Å². The molecule has 5 nitrogen and oxygen atoms in total. The van der Waals surface area contributed by atoms with Gasteiger partial charge in [0.1, 0.15) is 12.4 Å². The summed E-state index contributed by atoms with van der Waals surface area (Å²) in [6.45, 7) is 3.55. The third-order valence-electron chi connectivity index (χ3n) is 5.30. The van der Waals surface area contributed by atoms with Gasteiger partial charge in [-0.15, -0.1) is 0 Å². The molecule has 1 aliphatic rings. The Morgan fingerprint density at radius 3 is 2.65 bits per heavy atom. The van der Waals surface area contributed by atoms with Crippen molar-refractivity contribution in [2.45, 2.75) is 70.4 Å². The van der Waals surface area contributed by atoms with Gasteiger partial charge in [-0.3, -0.25) is 4.79 Å². The van der Waals surface area contributed by atoms with Crippen molar-refractivity contribution in [2.24, 2.45) is 11.8 Å². The van der Waals surface area contributed by atoms with Crippen LogP contribution >= 0.6 is 0 Å². The summed E-state index contributed by atoms with van der Waals surface area (Å²) in [6, 6.07) is 9.04. The van der Waals surface area contributed by atoms with Crippen molar-refractivity contribution < 1.29 is 28.9 Å². The smallest absolute Gasteiger partial charge is 0.306 e. The number of ether oxygens (including phenoxy) is 2. The van der Waals surface area contributed by atoms with Crippen molar-refractivity contribution in [3.8, 4) is 5.75 Å². The normalized spacial score (nSPS) is 24.8. The average Bonchev–Trinajstić information content (AvgIpc) is 3.00. The maximum Gasteiger partial charge on any atom is 0.306 e. The van der Waals surface area contributed by atoms with Crippen molar-refractivity contribution in [3.63, 3.8) is 0 Å². The van der Waals surface area contributed by atoms with E-state index in [4.69, 9.17) is 9.47 Å². The molecule has 1 aromatic rings. The Kier molecular flexibility index (Phi) is 10.7. The summed E-state index contributed by atoms with van der Waals surface area (Å²) in [5.41, 5.74) is 0. The Hall–Kier alpha value is -2.18. The molecule has 172 valence electrons. The first-order valence-electron chi connectivity index (χ1n) is 11.1. The average molecular weight is 435 g/mol. The number of aliphatic hydroxyl groups is 2. The van der Waals surface area contributed by atoms with Crippen LogP contribution in [-0.4, -0.2) is 47.3 Å². The van der Waals surface area contributed by atoms with Gasteiger partial charge in [0.05, 0.1) is 18.3 Å². The second kappa shape index (κ2) is 13.3. The lowest BCUT2D eigenvalue weighted by molar-refractivity contribution is -0.147. The topological polar surface area (TPSA) is 76.0 Å². The van der Waals surface area contributed by atoms with Crippen LogP contribution in [0.25, 0.3) is 0 Å². The van der Waals surface area contributed by atoms with Gasteiger partial charge >= 0.3 is 5.97 Å². The molecule has 1 aliphatic carbocycles. The molecular formula is C25H35FO5. The second-order valence-electron chi connectivity index (χ2n) is 8.27. The zero-order valence-corrected chi connectivity index (χ0v) is 18.4. The predicted octanol–water partition coefficient (Wildman–Crippen LogP) is 4.39. The number of hydrogen-bond acceptors (Lipinski definition) is 5. The second-order valence-corrected chi connectivity index (χ2v) is 8.27. The Morgan fingerprint density at radius 1 is 1.19 bits per heavy atom. The number of allylic oxidation sites excluding steroid dienone is 2. The van der Waals surface area contributed by atoms with E-state index in [-0.39, 0.29) is 36.9 Å². The summed E-state index contributed by atoms with van der Waals surface area (Å²) < 4.78 is 24.7. The van der Waals surface area contributed by atoms with Crippen LogP contribution in [-0.2, 0) is 9.53 Å². The van der Waals surface area contributed by atoms with Crippen molar-refractivity contribution in [3.05, 3.63) is 54.6 Å². The molecular weight excluding hydrogens is 399 g/mol. The van der Waals surface area contributed by atoms with Crippen LogP contribution in [0.2, 0.25) is 0 Å². The Labute approximate surface area is 184 Å². The number of carbonyl (C=O) groups excluding carboxylic acids is 1. The molecule has 0 saturated heterocycles. The Morgan fingerprint density at radius 2 is 1.94 bits per heavy atom. The molecule has 1 aromatic carbocycles. The van der Waals surface area contributed by atoms with Gasteiger partial charge in [0, 0.05) is 18.8 Å². The van der Waals surface area contributed by atoms with Crippen molar-refractivity contribution in [1.29, 1.82) is 0 Å². The zero-order chi connectivity index (χ0) is 22.6. The number of hydrogen-bond donors (Lipinski definition) is 2. The van der Waals surface area contributed by atoms with Gasteiger partial charge in [0.25, 0.3) is 0 Å². The number of aliphatic hydroxyl groups excluding tert-OH is 2. The highest BCUT2D eigenvalue weighted by Crippen LogP contribution is 2.36. The summed E-state index contributed by atoms with van der Waals surface area (Å²) >= 11 is 0. The van der Waals surface area contributed by atoms with Crippen LogP contribution in [0.4, 0.5) is 4.39 Å². The number of rotatable bonds is 12. The summed E-state index contributed by atoms with van der Waals surface area (Å²) in [6.07, 6.45) is 6.98. The maximum atomic E-state index is 14.2. The number of halogens is 1. The van der Waals surface area contributed by atoms with Gasteiger partial charge in [-0.1, -0.05) is 42.5 Å². The predicted molar refractivity (Wildman–Crippen MR) is 118 cm³/mol. The molecule has 31 heavy (non-hydrogen) atoms. The third kappa shape index (κ3) is 9.23. The first-order chi connectivity index (χ1) is 14.9. The lowest BCUT2D eigenvalue weighted by atomic mass is 9.89. The minimum Gasteiger partial charge on any atom is -0.490 e. The molecule has 0 heterocycles. The monoisotopic (exact) mass is 434 g/mol. The van der Waals surface area contributed by atoms with Crippen LogP contribution < -0.4 is 4.74 Å². The molecule has 0 unspecified atom stereocenters. The molecule has 2 rings (SSSR count). The van der Waals surface area contributed by atoms with E-state index in [1.807, 2.05) is 44.2 Å². The number of esters is 1. The molecule has 0 amide bonds. The highest BCUT2D eigenvalue weighted by atomic mass is 19.1. The molecule has 1 saturated carbocycles. The van der Waals surface area contributed by atoms with E-state index in [2.05, 4.69) is 0 Å². The summed E-state index contributed by atoms with van der Waals surface area (Å²) in [7, 11) is 0. The summed E-state index contributed by atoms with van der Waals surface area (Å²) in [5.74, 6) is -0.0680.